The van der Waals surface area contributed by atoms with Gasteiger partial charge in [0, 0.05) is 18.1 Å². The normalized spacial score (nSPS) is 17.8. The summed E-state index contributed by atoms with van der Waals surface area (Å²) >= 11 is 0. The molecule has 1 aromatic heterocycles. The average molecular weight is 435 g/mol. The van der Waals surface area contributed by atoms with Gasteiger partial charge in [-0.2, -0.15) is 0 Å². The molecular formula is C26H30N2O4. The highest BCUT2D eigenvalue weighted by molar-refractivity contribution is 5.79. The zero-order chi connectivity index (χ0) is 22.5. The summed E-state index contributed by atoms with van der Waals surface area (Å²) in [7, 11) is 0. The second kappa shape index (κ2) is 10.0. The summed E-state index contributed by atoms with van der Waals surface area (Å²) in [6.45, 7) is 6.34. The number of aromatic nitrogens is 1. The van der Waals surface area contributed by atoms with Gasteiger partial charge in [0.25, 0.3) is 0 Å². The number of carboxylic acids is 1. The van der Waals surface area contributed by atoms with Crippen LogP contribution in [-0.2, 0) is 4.79 Å². The van der Waals surface area contributed by atoms with Gasteiger partial charge in [0.15, 0.2) is 11.5 Å². The second-order valence-corrected chi connectivity index (χ2v) is 8.11. The quantitative estimate of drug-likeness (QED) is 0.543. The number of likely N-dealkylation sites (tertiary alicyclic amines) is 1. The number of rotatable bonds is 8. The van der Waals surface area contributed by atoms with Crippen LogP contribution in [-0.4, -0.2) is 47.3 Å². The van der Waals surface area contributed by atoms with Gasteiger partial charge in [-0.25, -0.2) is 0 Å². The Morgan fingerprint density at radius 1 is 1.09 bits per heavy atom. The lowest BCUT2D eigenvalue weighted by molar-refractivity contribution is -0.143. The molecule has 2 atom stereocenters. The van der Waals surface area contributed by atoms with Crippen LogP contribution in [0.2, 0.25) is 0 Å². The van der Waals surface area contributed by atoms with Gasteiger partial charge in [0.2, 0.25) is 0 Å². The van der Waals surface area contributed by atoms with Gasteiger partial charge in [0.05, 0.1) is 30.7 Å². The van der Waals surface area contributed by atoms with Crippen molar-refractivity contribution in [1.29, 1.82) is 0 Å². The van der Waals surface area contributed by atoms with E-state index in [1.165, 1.54) is 0 Å². The Morgan fingerprint density at radius 3 is 2.66 bits per heavy atom. The van der Waals surface area contributed by atoms with Gasteiger partial charge in [-0.3, -0.25) is 14.7 Å². The Hall–Kier alpha value is -3.12. The minimum Gasteiger partial charge on any atom is -0.490 e. The summed E-state index contributed by atoms with van der Waals surface area (Å²) in [5.41, 5.74) is 3.03. The zero-order valence-electron chi connectivity index (χ0n) is 18.7. The van der Waals surface area contributed by atoms with Crippen molar-refractivity contribution in [2.24, 2.45) is 5.92 Å². The maximum Gasteiger partial charge on any atom is 0.307 e. The van der Waals surface area contributed by atoms with Crippen molar-refractivity contribution in [1.82, 2.24) is 9.88 Å². The molecule has 4 rings (SSSR count). The van der Waals surface area contributed by atoms with Crippen LogP contribution in [0, 0.1) is 5.92 Å². The van der Waals surface area contributed by atoms with E-state index in [4.69, 9.17) is 9.47 Å². The van der Waals surface area contributed by atoms with E-state index in [1.54, 1.807) is 0 Å². The Kier molecular flexibility index (Phi) is 6.90. The highest BCUT2D eigenvalue weighted by atomic mass is 16.5. The summed E-state index contributed by atoms with van der Waals surface area (Å²) in [5.74, 6) is 0.327. The number of hydrogen-bond acceptors (Lipinski definition) is 5. The molecule has 32 heavy (non-hydrogen) atoms. The topological polar surface area (TPSA) is 71.9 Å². The Balaban J connectivity index is 1.79. The molecule has 2 unspecified atom stereocenters. The third kappa shape index (κ3) is 4.70. The summed E-state index contributed by atoms with van der Waals surface area (Å²) in [6.07, 6.45) is 3.47. The fourth-order valence-corrected chi connectivity index (χ4v) is 4.53. The second-order valence-electron chi connectivity index (χ2n) is 8.11. The number of fused-ring (bicyclic) bond motifs is 1. The number of carboxylic acid groups (broad SMARTS) is 1. The number of para-hydroxylation sites is 1. The van der Waals surface area contributed by atoms with Crippen LogP contribution in [0.25, 0.3) is 10.9 Å². The number of benzene rings is 2. The zero-order valence-corrected chi connectivity index (χ0v) is 18.7. The van der Waals surface area contributed by atoms with E-state index >= 15 is 0 Å². The molecule has 1 saturated heterocycles. The standard InChI is InChI=1S/C26H30N2O4/c1-3-31-23-12-11-19(15-24(23)32-4-2)25(28-13-7-9-20(17-28)26(29)30)21-14-18-8-5-6-10-22(18)27-16-21/h5-6,8,10-12,14-16,20,25H,3-4,7,9,13,17H2,1-2H3,(H,29,30). The minimum absolute atomic E-state index is 0.121. The van der Waals surface area contributed by atoms with Gasteiger partial charge in [-0.05, 0) is 68.6 Å². The first kappa shape index (κ1) is 22.1. The molecule has 0 bridgehead atoms. The lowest BCUT2D eigenvalue weighted by Crippen LogP contribution is -2.41. The van der Waals surface area contributed by atoms with Crippen molar-refractivity contribution in [3.8, 4) is 11.5 Å². The summed E-state index contributed by atoms with van der Waals surface area (Å²) in [6, 6.07) is 16.1. The smallest absolute Gasteiger partial charge is 0.307 e. The van der Waals surface area contributed by atoms with Gasteiger partial charge < -0.3 is 14.6 Å². The van der Waals surface area contributed by atoms with Crippen molar-refractivity contribution in [3.63, 3.8) is 0 Å². The molecule has 1 N–H and O–H groups in total. The lowest BCUT2D eigenvalue weighted by atomic mass is 9.91. The van der Waals surface area contributed by atoms with Crippen molar-refractivity contribution in [2.75, 3.05) is 26.3 Å². The summed E-state index contributed by atoms with van der Waals surface area (Å²) in [4.78, 5) is 18.7. The molecule has 0 saturated carbocycles. The molecule has 1 aliphatic rings. The van der Waals surface area contributed by atoms with Crippen LogP contribution in [0.3, 0.4) is 0 Å². The van der Waals surface area contributed by atoms with Crippen molar-refractivity contribution in [3.05, 3.63) is 65.9 Å². The molecule has 6 nitrogen and oxygen atoms in total. The van der Waals surface area contributed by atoms with Gasteiger partial charge in [0.1, 0.15) is 0 Å². The number of carbonyl (C=O) groups is 1. The molecule has 0 spiro atoms. The van der Waals surface area contributed by atoms with Crippen LogP contribution < -0.4 is 9.47 Å². The summed E-state index contributed by atoms with van der Waals surface area (Å²) < 4.78 is 11.6. The number of aliphatic carboxylic acids is 1. The number of hydrogen-bond donors (Lipinski definition) is 1. The van der Waals surface area contributed by atoms with Crippen molar-refractivity contribution < 1.29 is 19.4 Å². The van der Waals surface area contributed by atoms with Gasteiger partial charge >= 0.3 is 5.97 Å². The molecule has 0 radical (unpaired) electrons. The molecule has 6 heteroatoms. The average Bonchev–Trinajstić information content (AvgIpc) is 2.81. The van der Waals surface area contributed by atoms with Crippen molar-refractivity contribution in [2.45, 2.75) is 32.7 Å². The Labute approximate surface area is 188 Å². The van der Waals surface area contributed by atoms with E-state index in [-0.39, 0.29) is 12.0 Å². The predicted octanol–water partition coefficient (Wildman–Crippen LogP) is 4.92. The maximum atomic E-state index is 11.8. The van der Waals surface area contributed by atoms with Crippen LogP contribution in [0.15, 0.2) is 54.7 Å². The van der Waals surface area contributed by atoms with Crippen LogP contribution in [0.1, 0.15) is 43.9 Å². The molecule has 0 amide bonds. The third-order valence-corrected chi connectivity index (χ3v) is 5.98. The van der Waals surface area contributed by atoms with Crippen molar-refractivity contribution >= 4 is 16.9 Å². The number of piperidine rings is 1. The number of nitrogens with zero attached hydrogens (tertiary/aromatic N) is 2. The van der Waals surface area contributed by atoms with E-state index in [1.807, 2.05) is 50.4 Å². The van der Waals surface area contributed by atoms with E-state index in [2.05, 4.69) is 28.1 Å². The lowest BCUT2D eigenvalue weighted by Gasteiger charge is -2.37. The minimum atomic E-state index is -0.730. The van der Waals surface area contributed by atoms with E-state index in [9.17, 15) is 9.90 Å². The fraction of sp³-hybridized carbons (Fsp3) is 0.385. The van der Waals surface area contributed by atoms with Crippen LogP contribution in [0.5, 0.6) is 11.5 Å². The molecule has 2 aromatic carbocycles. The summed E-state index contributed by atoms with van der Waals surface area (Å²) in [5, 5.41) is 10.7. The van der Waals surface area contributed by atoms with Gasteiger partial charge in [-0.15, -0.1) is 0 Å². The molecule has 2 heterocycles. The Morgan fingerprint density at radius 2 is 1.88 bits per heavy atom. The predicted molar refractivity (Wildman–Crippen MR) is 124 cm³/mol. The van der Waals surface area contributed by atoms with E-state index in [0.717, 1.165) is 40.7 Å². The highest BCUT2D eigenvalue weighted by Gasteiger charge is 2.32. The fourth-order valence-electron chi connectivity index (χ4n) is 4.53. The third-order valence-electron chi connectivity index (χ3n) is 5.98. The first-order chi connectivity index (χ1) is 15.6. The van der Waals surface area contributed by atoms with E-state index in [0.29, 0.717) is 31.9 Å². The number of ether oxygens (including phenoxy) is 2. The molecule has 0 aliphatic carbocycles. The Bertz CT molecular complexity index is 1080. The van der Waals surface area contributed by atoms with Crippen LogP contribution >= 0.6 is 0 Å². The largest absolute Gasteiger partial charge is 0.490 e. The van der Waals surface area contributed by atoms with Crippen LogP contribution in [0.4, 0.5) is 0 Å². The monoisotopic (exact) mass is 434 g/mol. The SMILES string of the molecule is CCOc1ccc(C(c2cnc3ccccc3c2)N2CCCC(C(=O)O)C2)cc1OCC. The number of pyridine rings is 1. The molecule has 3 aromatic rings. The molecule has 1 fully saturated rings. The maximum absolute atomic E-state index is 11.8. The van der Waals surface area contributed by atoms with E-state index < -0.39 is 5.97 Å². The highest BCUT2D eigenvalue weighted by Crippen LogP contribution is 2.38. The first-order valence-electron chi connectivity index (χ1n) is 11.3. The van der Waals surface area contributed by atoms with Gasteiger partial charge in [-0.1, -0.05) is 24.3 Å². The molecular weight excluding hydrogens is 404 g/mol. The first-order valence-corrected chi connectivity index (χ1v) is 11.3. The molecule has 168 valence electrons. The molecule has 1 aliphatic heterocycles.